The Morgan fingerprint density at radius 3 is 2.33 bits per heavy atom. The highest BCUT2D eigenvalue weighted by Crippen LogP contribution is 2.29. The molecule has 21 heavy (non-hydrogen) atoms. The van der Waals surface area contributed by atoms with Gasteiger partial charge < -0.3 is 4.90 Å². The fourth-order valence-electron chi connectivity index (χ4n) is 3.34. The summed E-state index contributed by atoms with van der Waals surface area (Å²) in [6.07, 6.45) is 7.27. The van der Waals surface area contributed by atoms with E-state index < -0.39 is 0 Å². The Balaban J connectivity index is 1.77. The van der Waals surface area contributed by atoms with Crippen LogP contribution in [0.5, 0.6) is 0 Å². The zero-order valence-corrected chi connectivity index (χ0v) is 13.8. The van der Waals surface area contributed by atoms with Gasteiger partial charge in [-0.15, -0.1) is 0 Å². The van der Waals surface area contributed by atoms with Crippen molar-refractivity contribution in [1.82, 2.24) is 4.90 Å². The normalized spacial score (nSPS) is 22.5. The van der Waals surface area contributed by atoms with Crippen LogP contribution in [0.4, 0.5) is 0 Å². The third-order valence-corrected chi connectivity index (χ3v) is 5.08. The van der Waals surface area contributed by atoms with Gasteiger partial charge in [-0.3, -0.25) is 4.79 Å². The average molecular weight is 287 g/mol. The van der Waals surface area contributed by atoms with Crippen LogP contribution in [0.25, 0.3) is 0 Å². The summed E-state index contributed by atoms with van der Waals surface area (Å²) in [7, 11) is 2.18. The molecule has 0 saturated heterocycles. The Hall–Kier alpha value is -1.15. The van der Waals surface area contributed by atoms with Gasteiger partial charge in [0.25, 0.3) is 0 Å². The Kier molecular flexibility index (Phi) is 5.98. The van der Waals surface area contributed by atoms with Crippen LogP contribution in [0, 0.1) is 12.8 Å². The van der Waals surface area contributed by atoms with E-state index in [1.165, 1.54) is 37.7 Å². The highest BCUT2D eigenvalue weighted by atomic mass is 16.1. The Morgan fingerprint density at radius 2 is 1.76 bits per heavy atom. The molecule has 1 saturated carbocycles. The first-order valence-electron chi connectivity index (χ1n) is 8.40. The summed E-state index contributed by atoms with van der Waals surface area (Å²) < 4.78 is 0. The standard InChI is InChI=1S/C19H29NO/c1-4-16-7-11-18(12-8-16)20(3)14-13-19(21)17-9-5-15(2)6-10-17/h5-6,9-10,16,18H,4,7-8,11-14H2,1-3H3. The van der Waals surface area contributed by atoms with E-state index in [1.807, 2.05) is 24.3 Å². The zero-order valence-electron chi connectivity index (χ0n) is 13.8. The molecule has 1 aromatic carbocycles. The van der Waals surface area contributed by atoms with Crippen molar-refractivity contribution in [2.45, 2.75) is 58.4 Å². The molecule has 1 aliphatic rings. The van der Waals surface area contributed by atoms with Crippen LogP contribution < -0.4 is 0 Å². The first-order chi connectivity index (χ1) is 10.1. The molecule has 0 N–H and O–H groups in total. The molecule has 2 nitrogen and oxygen atoms in total. The van der Waals surface area contributed by atoms with Gasteiger partial charge in [0.2, 0.25) is 0 Å². The summed E-state index contributed by atoms with van der Waals surface area (Å²) in [5.41, 5.74) is 2.06. The second-order valence-electron chi connectivity index (χ2n) is 6.60. The van der Waals surface area contributed by atoms with E-state index in [0.29, 0.717) is 12.5 Å². The molecule has 0 spiro atoms. The predicted octanol–water partition coefficient (Wildman–Crippen LogP) is 4.47. The maximum Gasteiger partial charge on any atom is 0.164 e. The van der Waals surface area contributed by atoms with Gasteiger partial charge in [0, 0.05) is 24.6 Å². The molecule has 0 aliphatic heterocycles. The topological polar surface area (TPSA) is 20.3 Å². The summed E-state index contributed by atoms with van der Waals surface area (Å²) in [5.74, 6) is 1.20. The van der Waals surface area contributed by atoms with Crippen molar-refractivity contribution in [2.75, 3.05) is 13.6 Å². The number of nitrogens with zero attached hydrogens (tertiary/aromatic N) is 1. The lowest BCUT2D eigenvalue weighted by molar-refractivity contribution is 0.0946. The monoisotopic (exact) mass is 287 g/mol. The predicted molar refractivity (Wildman–Crippen MR) is 88.8 cm³/mol. The molecule has 2 heteroatoms. The smallest absolute Gasteiger partial charge is 0.164 e. The highest BCUT2D eigenvalue weighted by Gasteiger charge is 2.23. The molecule has 116 valence electrons. The molecule has 0 radical (unpaired) electrons. The summed E-state index contributed by atoms with van der Waals surface area (Å²) in [6.45, 7) is 5.23. The molecule has 0 bridgehead atoms. The summed E-state index contributed by atoms with van der Waals surface area (Å²) in [6, 6.07) is 8.61. The first kappa shape index (κ1) is 16.2. The van der Waals surface area contributed by atoms with Gasteiger partial charge in [0.15, 0.2) is 5.78 Å². The molecule has 0 heterocycles. The van der Waals surface area contributed by atoms with Gasteiger partial charge in [-0.05, 0) is 45.6 Å². The Labute approximate surface area is 129 Å². The van der Waals surface area contributed by atoms with Crippen LogP contribution in [0.3, 0.4) is 0 Å². The van der Waals surface area contributed by atoms with Crippen molar-refractivity contribution in [3.05, 3.63) is 35.4 Å². The minimum atomic E-state index is 0.268. The van der Waals surface area contributed by atoms with Crippen LogP contribution >= 0.6 is 0 Å². The molecule has 1 fully saturated rings. The van der Waals surface area contributed by atoms with Gasteiger partial charge in [-0.2, -0.15) is 0 Å². The molecular weight excluding hydrogens is 258 g/mol. The minimum absolute atomic E-state index is 0.268. The lowest BCUT2D eigenvalue weighted by Gasteiger charge is -2.34. The quantitative estimate of drug-likeness (QED) is 0.720. The number of hydrogen-bond acceptors (Lipinski definition) is 2. The number of aryl methyl sites for hydroxylation is 1. The van der Waals surface area contributed by atoms with Crippen molar-refractivity contribution in [1.29, 1.82) is 0 Å². The van der Waals surface area contributed by atoms with E-state index >= 15 is 0 Å². The number of ketones is 1. The van der Waals surface area contributed by atoms with E-state index in [0.717, 1.165) is 18.0 Å². The summed E-state index contributed by atoms with van der Waals surface area (Å²) in [5, 5.41) is 0. The third kappa shape index (κ3) is 4.67. The largest absolute Gasteiger partial charge is 0.303 e. The maximum absolute atomic E-state index is 12.2. The number of Topliss-reactive ketones (excluding diaryl/α,β-unsaturated/α-hetero) is 1. The molecule has 0 amide bonds. The zero-order chi connectivity index (χ0) is 15.2. The number of benzene rings is 1. The van der Waals surface area contributed by atoms with Crippen LogP contribution in [0.2, 0.25) is 0 Å². The van der Waals surface area contributed by atoms with E-state index in [-0.39, 0.29) is 5.78 Å². The third-order valence-electron chi connectivity index (χ3n) is 5.08. The van der Waals surface area contributed by atoms with Crippen LogP contribution in [-0.2, 0) is 0 Å². The lowest BCUT2D eigenvalue weighted by Crippen LogP contribution is -2.36. The van der Waals surface area contributed by atoms with Crippen LogP contribution in [-0.4, -0.2) is 30.3 Å². The van der Waals surface area contributed by atoms with Gasteiger partial charge in [-0.1, -0.05) is 43.2 Å². The average Bonchev–Trinajstić information content (AvgIpc) is 2.53. The molecule has 0 aromatic heterocycles. The van der Waals surface area contributed by atoms with Gasteiger partial charge in [0.1, 0.15) is 0 Å². The Bertz CT molecular complexity index is 443. The fraction of sp³-hybridized carbons (Fsp3) is 0.632. The molecule has 1 aromatic rings. The van der Waals surface area contributed by atoms with Crippen LogP contribution in [0.15, 0.2) is 24.3 Å². The SMILES string of the molecule is CCC1CCC(N(C)CCC(=O)c2ccc(C)cc2)CC1. The number of hydrogen-bond donors (Lipinski definition) is 0. The van der Waals surface area contributed by atoms with E-state index in [9.17, 15) is 4.79 Å². The second kappa shape index (κ2) is 7.74. The van der Waals surface area contributed by atoms with Gasteiger partial charge in [-0.25, -0.2) is 0 Å². The molecule has 2 rings (SSSR count). The van der Waals surface area contributed by atoms with Crippen molar-refractivity contribution < 1.29 is 4.79 Å². The van der Waals surface area contributed by atoms with Crippen molar-refractivity contribution in [2.24, 2.45) is 5.92 Å². The lowest BCUT2D eigenvalue weighted by atomic mass is 9.84. The van der Waals surface area contributed by atoms with E-state index in [4.69, 9.17) is 0 Å². The molecule has 0 atom stereocenters. The summed E-state index contributed by atoms with van der Waals surface area (Å²) >= 11 is 0. The maximum atomic E-state index is 12.2. The number of rotatable bonds is 6. The number of carbonyl (C=O) groups excluding carboxylic acids is 1. The molecule has 1 aliphatic carbocycles. The Morgan fingerprint density at radius 1 is 1.14 bits per heavy atom. The van der Waals surface area contributed by atoms with Gasteiger partial charge >= 0.3 is 0 Å². The fourth-order valence-corrected chi connectivity index (χ4v) is 3.34. The van der Waals surface area contributed by atoms with Gasteiger partial charge in [0.05, 0.1) is 0 Å². The molecule has 0 unspecified atom stereocenters. The van der Waals surface area contributed by atoms with E-state index in [1.54, 1.807) is 0 Å². The molecular formula is C19H29NO. The minimum Gasteiger partial charge on any atom is -0.303 e. The van der Waals surface area contributed by atoms with Crippen molar-refractivity contribution in [3.63, 3.8) is 0 Å². The second-order valence-corrected chi connectivity index (χ2v) is 6.60. The van der Waals surface area contributed by atoms with E-state index in [2.05, 4.69) is 25.8 Å². The van der Waals surface area contributed by atoms with Crippen molar-refractivity contribution in [3.8, 4) is 0 Å². The number of carbonyl (C=O) groups is 1. The highest BCUT2D eigenvalue weighted by molar-refractivity contribution is 5.96. The first-order valence-corrected chi connectivity index (χ1v) is 8.40. The summed E-state index contributed by atoms with van der Waals surface area (Å²) in [4.78, 5) is 14.6. The van der Waals surface area contributed by atoms with Crippen LogP contribution in [0.1, 0.15) is 61.4 Å². The van der Waals surface area contributed by atoms with Crippen molar-refractivity contribution >= 4 is 5.78 Å².